The van der Waals surface area contributed by atoms with Crippen LogP contribution < -0.4 is 10.6 Å². The maximum atomic E-state index is 6.19. The third-order valence-corrected chi connectivity index (χ3v) is 4.32. The zero-order valence-electron chi connectivity index (χ0n) is 11.4. The quantitative estimate of drug-likeness (QED) is 0.837. The van der Waals surface area contributed by atoms with E-state index in [1.54, 1.807) is 0 Å². The Labute approximate surface area is 115 Å². The van der Waals surface area contributed by atoms with Crippen molar-refractivity contribution in [3.05, 3.63) is 22.7 Å². The molecule has 1 aliphatic heterocycles. The second-order valence-electron chi connectivity index (χ2n) is 5.29. The van der Waals surface area contributed by atoms with Crippen LogP contribution in [0.1, 0.15) is 18.4 Å². The van der Waals surface area contributed by atoms with Crippen molar-refractivity contribution >= 4 is 23.0 Å². The molecule has 0 spiro atoms. The number of nitrogens with two attached hydrogens (primary N) is 1. The molecular formula is C14H22ClN3. The molecule has 0 aromatic heterocycles. The van der Waals surface area contributed by atoms with E-state index in [0.29, 0.717) is 6.04 Å². The molecule has 1 aromatic rings. The van der Waals surface area contributed by atoms with Gasteiger partial charge in [-0.2, -0.15) is 0 Å². The Kier molecular flexibility index (Phi) is 4.03. The van der Waals surface area contributed by atoms with Crippen LogP contribution in [0.4, 0.5) is 11.4 Å². The van der Waals surface area contributed by atoms with Gasteiger partial charge in [-0.15, -0.1) is 0 Å². The minimum Gasteiger partial charge on any atom is -0.397 e. The molecule has 0 bridgehead atoms. The first-order chi connectivity index (χ1) is 8.50. The predicted octanol–water partition coefficient (Wildman–Crippen LogP) is 2.76. The standard InChI is InChI=1S/C14H22ClN3/c1-10-12(15)4-5-13(16)14(10)18-8-6-11(7-9-18)17(2)3/h4-5,11H,6-9,16H2,1-3H3. The number of hydrogen-bond acceptors (Lipinski definition) is 3. The molecule has 0 aliphatic carbocycles. The van der Waals surface area contributed by atoms with Gasteiger partial charge in [-0.25, -0.2) is 0 Å². The normalized spacial score (nSPS) is 17.5. The van der Waals surface area contributed by atoms with Gasteiger partial charge in [-0.3, -0.25) is 0 Å². The Hall–Kier alpha value is -0.930. The van der Waals surface area contributed by atoms with E-state index in [-0.39, 0.29) is 0 Å². The zero-order chi connectivity index (χ0) is 13.3. The van der Waals surface area contributed by atoms with Crippen molar-refractivity contribution in [3.63, 3.8) is 0 Å². The summed E-state index contributed by atoms with van der Waals surface area (Å²) in [5, 5.41) is 0.800. The van der Waals surface area contributed by atoms with Crippen LogP contribution in [0.3, 0.4) is 0 Å². The van der Waals surface area contributed by atoms with Gasteiger partial charge in [0.05, 0.1) is 11.4 Å². The minimum atomic E-state index is 0.682. The molecule has 0 unspecified atom stereocenters. The maximum absolute atomic E-state index is 6.19. The maximum Gasteiger partial charge on any atom is 0.0644 e. The summed E-state index contributed by atoms with van der Waals surface area (Å²) in [4.78, 5) is 4.68. The summed E-state index contributed by atoms with van der Waals surface area (Å²) >= 11 is 6.19. The average molecular weight is 268 g/mol. The first-order valence-electron chi connectivity index (χ1n) is 6.46. The van der Waals surface area contributed by atoms with Gasteiger partial charge in [0, 0.05) is 24.2 Å². The highest BCUT2D eigenvalue weighted by atomic mass is 35.5. The lowest BCUT2D eigenvalue weighted by atomic mass is 10.0. The number of halogens is 1. The third kappa shape index (κ3) is 2.57. The number of nitrogens with zero attached hydrogens (tertiary/aromatic N) is 2. The molecular weight excluding hydrogens is 246 g/mol. The van der Waals surface area contributed by atoms with Gasteiger partial charge < -0.3 is 15.5 Å². The molecule has 4 heteroatoms. The molecule has 1 aromatic carbocycles. The van der Waals surface area contributed by atoms with Gasteiger partial charge >= 0.3 is 0 Å². The van der Waals surface area contributed by atoms with Gasteiger partial charge in [0.25, 0.3) is 0 Å². The van der Waals surface area contributed by atoms with Crippen LogP contribution in [0.5, 0.6) is 0 Å². The van der Waals surface area contributed by atoms with Crippen LogP contribution >= 0.6 is 11.6 Å². The van der Waals surface area contributed by atoms with Crippen LogP contribution in [-0.4, -0.2) is 38.1 Å². The first-order valence-corrected chi connectivity index (χ1v) is 6.84. The predicted molar refractivity (Wildman–Crippen MR) is 79.5 cm³/mol. The zero-order valence-corrected chi connectivity index (χ0v) is 12.2. The molecule has 0 radical (unpaired) electrons. The van der Waals surface area contributed by atoms with Crippen molar-refractivity contribution < 1.29 is 0 Å². The molecule has 1 fully saturated rings. The second-order valence-corrected chi connectivity index (χ2v) is 5.70. The number of benzene rings is 1. The van der Waals surface area contributed by atoms with Crippen LogP contribution in [0.15, 0.2) is 12.1 Å². The van der Waals surface area contributed by atoms with Crippen LogP contribution in [0, 0.1) is 6.92 Å². The third-order valence-electron chi connectivity index (χ3n) is 3.91. The monoisotopic (exact) mass is 267 g/mol. The van der Waals surface area contributed by atoms with E-state index in [2.05, 4.69) is 23.9 Å². The van der Waals surface area contributed by atoms with Crippen LogP contribution in [0.25, 0.3) is 0 Å². The van der Waals surface area contributed by atoms with E-state index in [9.17, 15) is 0 Å². The average Bonchev–Trinajstić information content (AvgIpc) is 2.35. The van der Waals surface area contributed by atoms with Gasteiger partial charge in [-0.1, -0.05) is 11.6 Å². The highest BCUT2D eigenvalue weighted by molar-refractivity contribution is 6.32. The molecule has 3 nitrogen and oxygen atoms in total. The van der Waals surface area contributed by atoms with Crippen molar-refractivity contribution in [3.8, 4) is 0 Å². The number of rotatable bonds is 2. The summed E-state index contributed by atoms with van der Waals surface area (Å²) in [6, 6.07) is 4.47. The van der Waals surface area contributed by atoms with Crippen molar-refractivity contribution in [1.29, 1.82) is 0 Å². The smallest absolute Gasteiger partial charge is 0.0644 e. The lowest BCUT2D eigenvalue weighted by molar-refractivity contribution is 0.249. The lowest BCUT2D eigenvalue weighted by Gasteiger charge is -2.37. The molecule has 0 amide bonds. The van der Waals surface area contributed by atoms with Crippen molar-refractivity contribution in [2.24, 2.45) is 0 Å². The molecule has 1 saturated heterocycles. The fourth-order valence-electron chi connectivity index (χ4n) is 2.72. The van der Waals surface area contributed by atoms with Gasteiger partial charge in [0.2, 0.25) is 0 Å². The summed E-state index contributed by atoms with van der Waals surface area (Å²) in [5.74, 6) is 0. The topological polar surface area (TPSA) is 32.5 Å². The van der Waals surface area contributed by atoms with E-state index in [1.807, 2.05) is 19.1 Å². The highest BCUT2D eigenvalue weighted by Gasteiger charge is 2.23. The van der Waals surface area contributed by atoms with E-state index >= 15 is 0 Å². The Morgan fingerprint density at radius 2 is 1.89 bits per heavy atom. The van der Waals surface area contributed by atoms with Crippen LogP contribution in [-0.2, 0) is 0 Å². The largest absolute Gasteiger partial charge is 0.397 e. The fraction of sp³-hybridized carbons (Fsp3) is 0.571. The number of anilines is 2. The number of hydrogen-bond donors (Lipinski definition) is 1. The molecule has 100 valence electrons. The minimum absolute atomic E-state index is 0.682. The summed E-state index contributed by atoms with van der Waals surface area (Å²) in [6.45, 7) is 4.15. The molecule has 1 heterocycles. The molecule has 2 N–H and O–H groups in total. The van der Waals surface area contributed by atoms with Gasteiger partial charge in [0.15, 0.2) is 0 Å². The molecule has 0 atom stereocenters. The number of nitrogen functional groups attached to an aromatic ring is 1. The molecule has 1 aliphatic rings. The SMILES string of the molecule is Cc1c(Cl)ccc(N)c1N1CCC(N(C)C)CC1. The van der Waals surface area contributed by atoms with Crippen LogP contribution in [0.2, 0.25) is 5.02 Å². The lowest BCUT2D eigenvalue weighted by Crippen LogP contribution is -2.42. The molecule has 2 rings (SSSR count). The van der Waals surface area contributed by atoms with Gasteiger partial charge in [-0.05, 0) is 51.6 Å². The van der Waals surface area contributed by atoms with E-state index in [0.717, 1.165) is 35.1 Å². The van der Waals surface area contributed by atoms with E-state index in [4.69, 9.17) is 17.3 Å². The Balaban J connectivity index is 2.17. The van der Waals surface area contributed by atoms with E-state index in [1.165, 1.54) is 12.8 Å². The summed E-state index contributed by atoms with van der Waals surface area (Å²) in [5.41, 5.74) is 9.16. The fourth-order valence-corrected chi connectivity index (χ4v) is 2.87. The first kappa shape index (κ1) is 13.5. The molecule has 18 heavy (non-hydrogen) atoms. The van der Waals surface area contributed by atoms with Crippen molar-refractivity contribution in [1.82, 2.24) is 4.90 Å². The Bertz CT molecular complexity index is 423. The van der Waals surface area contributed by atoms with Gasteiger partial charge in [0.1, 0.15) is 0 Å². The molecule has 0 saturated carbocycles. The summed E-state index contributed by atoms with van der Waals surface area (Å²) in [6.07, 6.45) is 2.36. The van der Waals surface area contributed by atoms with E-state index < -0.39 is 0 Å². The van der Waals surface area contributed by atoms with Crippen molar-refractivity contribution in [2.75, 3.05) is 37.8 Å². The Morgan fingerprint density at radius 1 is 1.28 bits per heavy atom. The number of piperidine rings is 1. The second kappa shape index (κ2) is 5.37. The van der Waals surface area contributed by atoms with Crippen molar-refractivity contribution in [2.45, 2.75) is 25.8 Å². The Morgan fingerprint density at radius 3 is 2.44 bits per heavy atom. The summed E-state index contributed by atoms with van der Waals surface area (Å²) < 4.78 is 0. The summed E-state index contributed by atoms with van der Waals surface area (Å²) in [7, 11) is 4.30. The highest BCUT2D eigenvalue weighted by Crippen LogP contribution is 2.34.